The summed E-state index contributed by atoms with van der Waals surface area (Å²) in [7, 11) is 3.58. The van der Waals surface area contributed by atoms with E-state index in [0.29, 0.717) is 18.8 Å². The summed E-state index contributed by atoms with van der Waals surface area (Å²) in [5.41, 5.74) is 1.16. The average molecular weight is 419 g/mol. The molecule has 1 N–H and O–H groups in total. The van der Waals surface area contributed by atoms with Crippen molar-refractivity contribution in [1.29, 1.82) is 0 Å². The van der Waals surface area contributed by atoms with Gasteiger partial charge in [0, 0.05) is 59.3 Å². The lowest BCUT2D eigenvalue weighted by Crippen LogP contribution is -2.46. The minimum absolute atomic E-state index is 0.320. The van der Waals surface area contributed by atoms with Crippen molar-refractivity contribution in [1.82, 2.24) is 15.2 Å². The molecule has 3 rings (SSSR count). The van der Waals surface area contributed by atoms with E-state index in [1.54, 1.807) is 7.11 Å². The molecule has 1 saturated carbocycles. The lowest BCUT2D eigenvalue weighted by Gasteiger charge is -2.34. The van der Waals surface area contributed by atoms with Crippen LogP contribution in [0.25, 0.3) is 0 Å². The normalized spacial score (nSPS) is 19.1. The molecule has 2 fully saturated rings. The molecule has 1 aromatic rings. The molecule has 1 aliphatic carbocycles. The van der Waals surface area contributed by atoms with Crippen LogP contribution < -0.4 is 10.1 Å². The molecule has 0 spiro atoms. The lowest BCUT2D eigenvalue weighted by molar-refractivity contribution is 0.00989. The Balaban J connectivity index is 1.41. The number of rotatable bonds is 9. The molecule has 2 heterocycles. The molecule has 0 aromatic carbocycles. The van der Waals surface area contributed by atoms with Crippen LogP contribution in [0.1, 0.15) is 56.9 Å². The summed E-state index contributed by atoms with van der Waals surface area (Å²) in [6.07, 6.45) is 11.7. The van der Waals surface area contributed by atoms with Crippen molar-refractivity contribution in [2.45, 2.75) is 70.1 Å². The van der Waals surface area contributed by atoms with Gasteiger partial charge in [-0.3, -0.25) is 4.99 Å². The van der Waals surface area contributed by atoms with Gasteiger partial charge in [0.2, 0.25) is 5.88 Å². The number of nitrogens with one attached hydrogen (secondary N) is 1. The van der Waals surface area contributed by atoms with Crippen LogP contribution in [0.4, 0.5) is 0 Å². The fourth-order valence-electron chi connectivity index (χ4n) is 4.18. The van der Waals surface area contributed by atoms with Gasteiger partial charge in [-0.2, -0.15) is 0 Å². The quantitative estimate of drug-likeness (QED) is 0.377. The molecule has 2 aliphatic rings. The van der Waals surface area contributed by atoms with E-state index in [4.69, 9.17) is 14.2 Å². The number of pyridine rings is 1. The van der Waals surface area contributed by atoms with Gasteiger partial charge in [0.1, 0.15) is 6.10 Å². The monoisotopic (exact) mass is 418 g/mol. The van der Waals surface area contributed by atoms with Gasteiger partial charge < -0.3 is 24.4 Å². The summed E-state index contributed by atoms with van der Waals surface area (Å²) in [6.45, 7) is 4.17. The highest BCUT2D eigenvalue weighted by Gasteiger charge is 2.22. The number of hydrogen-bond donors (Lipinski definition) is 1. The zero-order chi connectivity index (χ0) is 21.0. The molecule has 1 aliphatic heterocycles. The van der Waals surface area contributed by atoms with Crippen LogP contribution in [-0.2, 0) is 16.0 Å². The third-order valence-electron chi connectivity index (χ3n) is 5.89. The van der Waals surface area contributed by atoms with Crippen molar-refractivity contribution < 1.29 is 14.2 Å². The third kappa shape index (κ3) is 7.43. The molecule has 30 heavy (non-hydrogen) atoms. The molecular weight excluding hydrogens is 380 g/mol. The minimum atomic E-state index is 0.320. The fraction of sp³-hybridized carbons (Fsp3) is 0.739. The molecule has 0 unspecified atom stereocenters. The van der Waals surface area contributed by atoms with E-state index < -0.39 is 0 Å². The standard InChI is InChI=1S/C23H38N4O3/c1-24-23(27-13-10-20(11-14-27)29-16-6-15-28-2)26-18-19-9-12-25-22(17-19)30-21-7-4-3-5-8-21/h9,12,17,20-21H,3-8,10-11,13-16,18H2,1-2H3,(H,24,26). The van der Waals surface area contributed by atoms with Gasteiger partial charge in [-0.25, -0.2) is 4.98 Å². The SMILES string of the molecule is CN=C(NCc1ccnc(OC2CCCCC2)c1)N1CCC(OCCCOC)CC1. The summed E-state index contributed by atoms with van der Waals surface area (Å²) in [5, 5.41) is 3.50. The smallest absolute Gasteiger partial charge is 0.213 e. The van der Waals surface area contributed by atoms with E-state index >= 15 is 0 Å². The Morgan fingerprint density at radius 1 is 1.13 bits per heavy atom. The molecule has 1 aromatic heterocycles. The number of ether oxygens (including phenoxy) is 3. The second kappa shape index (κ2) is 12.7. The first-order chi connectivity index (χ1) is 14.8. The Hall–Kier alpha value is -1.86. The predicted octanol–water partition coefficient (Wildman–Crippen LogP) is 3.39. The van der Waals surface area contributed by atoms with E-state index in [-0.39, 0.29) is 0 Å². The first-order valence-electron chi connectivity index (χ1n) is 11.5. The van der Waals surface area contributed by atoms with Crippen LogP contribution in [0.2, 0.25) is 0 Å². The highest BCUT2D eigenvalue weighted by atomic mass is 16.5. The van der Waals surface area contributed by atoms with Crippen molar-refractivity contribution in [3.63, 3.8) is 0 Å². The van der Waals surface area contributed by atoms with Crippen LogP contribution in [0, 0.1) is 0 Å². The Labute approximate surface area is 181 Å². The lowest BCUT2D eigenvalue weighted by atomic mass is 9.98. The van der Waals surface area contributed by atoms with Crippen LogP contribution >= 0.6 is 0 Å². The summed E-state index contributed by atoms with van der Waals surface area (Å²) in [4.78, 5) is 11.2. The Bertz CT molecular complexity index is 641. The van der Waals surface area contributed by atoms with Gasteiger partial charge >= 0.3 is 0 Å². The number of hydrogen-bond acceptors (Lipinski definition) is 5. The second-order valence-electron chi connectivity index (χ2n) is 8.18. The van der Waals surface area contributed by atoms with Gasteiger partial charge in [-0.05, 0) is 56.6 Å². The van der Waals surface area contributed by atoms with Gasteiger partial charge in [-0.1, -0.05) is 6.42 Å². The number of aromatic nitrogens is 1. The Morgan fingerprint density at radius 2 is 1.93 bits per heavy atom. The molecule has 1 saturated heterocycles. The van der Waals surface area contributed by atoms with Crippen LogP contribution in [0.3, 0.4) is 0 Å². The number of piperidine rings is 1. The van der Waals surface area contributed by atoms with Gasteiger partial charge in [0.05, 0.1) is 6.10 Å². The summed E-state index contributed by atoms with van der Waals surface area (Å²) < 4.78 is 17.1. The molecule has 0 bridgehead atoms. The van der Waals surface area contributed by atoms with Crippen LogP contribution in [0.5, 0.6) is 5.88 Å². The summed E-state index contributed by atoms with van der Waals surface area (Å²) in [5.74, 6) is 1.68. The average Bonchev–Trinajstić information content (AvgIpc) is 2.79. The highest BCUT2D eigenvalue weighted by Crippen LogP contribution is 2.22. The van der Waals surface area contributed by atoms with Gasteiger partial charge in [0.15, 0.2) is 5.96 Å². The van der Waals surface area contributed by atoms with Crippen molar-refractivity contribution >= 4 is 5.96 Å². The Kier molecular flexibility index (Phi) is 9.70. The highest BCUT2D eigenvalue weighted by molar-refractivity contribution is 5.79. The summed E-state index contributed by atoms with van der Waals surface area (Å²) >= 11 is 0. The number of likely N-dealkylation sites (tertiary alicyclic amines) is 1. The zero-order valence-electron chi connectivity index (χ0n) is 18.6. The van der Waals surface area contributed by atoms with Crippen molar-refractivity contribution in [3.8, 4) is 5.88 Å². The van der Waals surface area contributed by atoms with Crippen molar-refractivity contribution in [2.75, 3.05) is 40.5 Å². The fourth-order valence-corrected chi connectivity index (χ4v) is 4.18. The van der Waals surface area contributed by atoms with E-state index in [9.17, 15) is 0 Å². The first kappa shape index (κ1) is 22.8. The molecule has 0 amide bonds. The molecule has 7 heteroatoms. The van der Waals surface area contributed by atoms with E-state index in [0.717, 1.165) is 75.8 Å². The number of methoxy groups -OCH3 is 1. The molecule has 0 radical (unpaired) electrons. The maximum atomic E-state index is 6.10. The Morgan fingerprint density at radius 3 is 2.67 bits per heavy atom. The van der Waals surface area contributed by atoms with E-state index in [1.165, 1.54) is 19.3 Å². The maximum Gasteiger partial charge on any atom is 0.213 e. The topological polar surface area (TPSA) is 68.2 Å². The summed E-state index contributed by atoms with van der Waals surface area (Å²) in [6, 6.07) is 4.09. The first-order valence-corrected chi connectivity index (χ1v) is 11.5. The van der Waals surface area contributed by atoms with Crippen molar-refractivity contribution in [2.24, 2.45) is 4.99 Å². The number of nitrogens with zero attached hydrogens (tertiary/aromatic N) is 3. The second-order valence-corrected chi connectivity index (χ2v) is 8.18. The van der Waals surface area contributed by atoms with Crippen molar-refractivity contribution in [3.05, 3.63) is 23.9 Å². The van der Waals surface area contributed by atoms with Crippen LogP contribution in [-0.4, -0.2) is 68.5 Å². The number of guanidine groups is 1. The molecular formula is C23H38N4O3. The predicted molar refractivity (Wildman–Crippen MR) is 119 cm³/mol. The number of aliphatic imine (C=N–C) groups is 1. The molecule has 7 nitrogen and oxygen atoms in total. The molecule has 0 atom stereocenters. The largest absolute Gasteiger partial charge is 0.474 e. The zero-order valence-corrected chi connectivity index (χ0v) is 18.6. The molecule has 168 valence electrons. The van der Waals surface area contributed by atoms with E-state index in [2.05, 4.69) is 26.3 Å². The maximum absolute atomic E-state index is 6.10. The third-order valence-corrected chi connectivity index (χ3v) is 5.89. The minimum Gasteiger partial charge on any atom is -0.474 e. The van der Waals surface area contributed by atoms with E-state index in [1.807, 2.05) is 19.3 Å². The van der Waals surface area contributed by atoms with Crippen LogP contribution in [0.15, 0.2) is 23.3 Å². The van der Waals surface area contributed by atoms with Gasteiger partial charge in [-0.15, -0.1) is 0 Å². The van der Waals surface area contributed by atoms with Gasteiger partial charge in [0.25, 0.3) is 0 Å².